The Hall–Kier alpha value is -2.16. The Morgan fingerprint density at radius 2 is 1.77 bits per heavy atom. The van der Waals surface area contributed by atoms with E-state index in [1.54, 1.807) is 18.2 Å². The van der Waals surface area contributed by atoms with E-state index in [2.05, 4.69) is 34.5 Å². The molecule has 0 bridgehead atoms. The number of ether oxygens (including phenoxy) is 1. The lowest BCUT2D eigenvalue weighted by atomic mass is 9.91. The molecule has 0 amide bonds. The van der Waals surface area contributed by atoms with Gasteiger partial charge in [0.1, 0.15) is 5.75 Å². The third-order valence-electron chi connectivity index (χ3n) is 4.79. The van der Waals surface area contributed by atoms with Crippen molar-refractivity contribution in [3.8, 4) is 5.75 Å². The summed E-state index contributed by atoms with van der Waals surface area (Å²) in [5.41, 5.74) is 7.07. The summed E-state index contributed by atoms with van der Waals surface area (Å²) in [6.45, 7) is 1.83. The van der Waals surface area contributed by atoms with Gasteiger partial charge in [0.05, 0.1) is 25.2 Å². The Morgan fingerprint density at radius 1 is 1.05 bits per heavy atom. The smallest absolute Gasteiger partial charge is 0.118 e. The summed E-state index contributed by atoms with van der Waals surface area (Å²) in [6.07, 6.45) is 5.14. The molecule has 3 heteroatoms. The van der Waals surface area contributed by atoms with E-state index in [1.165, 1.54) is 42.6 Å². The molecule has 1 aliphatic carbocycles. The first-order chi connectivity index (χ1) is 10.8. The van der Waals surface area contributed by atoms with E-state index in [1.807, 2.05) is 12.1 Å². The van der Waals surface area contributed by atoms with Gasteiger partial charge in [-0.3, -0.25) is 0 Å². The van der Waals surface area contributed by atoms with Gasteiger partial charge in [0.15, 0.2) is 0 Å². The fourth-order valence-electron chi connectivity index (χ4n) is 3.53. The van der Waals surface area contributed by atoms with Gasteiger partial charge in [-0.2, -0.15) is 0 Å². The minimum Gasteiger partial charge on any atom is -0.497 e. The van der Waals surface area contributed by atoms with Crippen molar-refractivity contribution in [3.63, 3.8) is 0 Å². The highest BCUT2D eigenvalue weighted by atomic mass is 16.5. The summed E-state index contributed by atoms with van der Waals surface area (Å²) in [5, 5.41) is 3.54. The van der Waals surface area contributed by atoms with Crippen LogP contribution in [0.25, 0.3) is 0 Å². The van der Waals surface area contributed by atoms with Gasteiger partial charge >= 0.3 is 0 Å². The topological polar surface area (TPSA) is 24.5 Å². The van der Waals surface area contributed by atoms with E-state index in [0.29, 0.717) is 0 Å². The van der Waals surface area contributed by atoms with Crippen LogP contribution in [-0.4, -0.2) is 13.8 Å². The van der Waals surface area contributed by atoms with E-state index < -0.39 is 0 Å². The van der Waals surface area contributed by atoms with Crippen LogP contribution in [0.1, 0.15) is 29.5 Å². The Morgan fingerprint density at radius 3 is 2.50 bits per heavy atom. The second-order valence-corrected chi connectivity index (χ2v) is 6.23. The second-order valence-electron chi connectivity index (χ2n) is 6.23. The Balaban J connectivity index is 1.58. The molecule has 3 nitrogen and oxygen atoms in total. The highest BCUT2D eigenvalue weighted by molar-refractivity contribution is 5.77. The molecule has 0 unspecified atom stereocenters. The number of nitrogens with zero attached hydrogens (tertiary/aromatic N) is 1. The van der Waals surface area contributed by atoms with Gasteiger partial charge in [0.25, 0.3) is 0 Å². The van der Waals surface area contributed by atoms with Crippen LogP contribution in [0.2, 0.25) is 0 Å². The number of hydrogen-bond donors (Lipinski definition) is 1. The van der Waals surface area contributed by atoms with Crippen LogP contribution in [0.15, 0.2) is 36.4 Å². The number of benzene rings is 2. The summed E-state index contributed by atoms with van der Waals surface area (Å²) in [7, 11) is 1.71. The van der Waals surface area contributed by atoms with Crippen molar-refractivity contribution >= 4 is 11.4 Å². The lowest BCUT2D eigenvalue weighted by Crippen LogP contribution is -2.22. The Labute approximate surface area is 131 Å². The lowest BCUT2D eigenvalue weighted by Gasteiger charge is -2.21. The SMILES string of the molecule is COc1ccc(CN2CNc3cc4c(cc32)CCCC4)cc1. The molecule has 1 N–H and O–H groups in total. The molecule has 1 heterocycles. The minimum absolute atomic E-state index is 0.893. The number of hydrogen-bond acceptors (Lipinski definition) is 3. The number of anilines is 2. The molecule has 114 valence electrons. The van der Waals surface area contributed by atoms with E-state index in [9.17, 15) is 0 Å². The fraction of sp³-hybridized carbons (Fsp3) is 0.368. The zero-order valence-corrected chi connectivity index (χ0v) is 13.1. The van der Waals surface area contributed by atoms with E-state index >= 15 is 0 Å². The first-order valence-electron chi connectivity index (χ1n) is 8.11. The van der Waals surface area contributed by atoms with E-state index in [4.69, 9.17) is 4.74 Å². The van der Waals surface area contributed by atoms with Crippen LogP contribution in [0.4, 0.5) is 11.4 Å². The monoisotopic (exact) mass is 294 g/mol. The van der Waals surface area contributed by atoms with Gasteiger partial charge in [-0.05, 0) is 66.6 Å². The van der Waals surface area contributed by atoms with Crippen LogP contribution in [0.3, 0.4) is 0 Å². The van der Waals surface area contributed by atoms with E-state index in [-0.39, 0.29) is 0 Å². The summed E-state index contributed by atoms with van der Waals surface area (Å²) in [5.74, 6) is 0.915. The Bertz CT molecular complexity index is 679. The molecule has 2 aliphatic rings. The van der Waals surface area contributed by atoms with Crippen molar-refractivity contribution in [1.29, 1.82) is 0 Å². The Kier molecular flexibility index (Phi) is 3.41. The van der Waals surface area contributed by atoms with Gasteiger partial charge in [0.2, 0.25) is 0 Å². The zero-order valence-electron chi connectivity index (χ0n) is 13.1. The minimum atomic E-state index is 0.893. The molecule has 22 heavy (non-hydrogen) atoms. The normalized spacial score (nSPS) is 16.0. The average Bonchev–Trinajstić information content (AvgIpc) is 2.95. The van der Waals surface area contributed by atoms with Gasteiger partial charge in [-0.1, -0.05) is 12.1 Å². The summed E-state index contributed by atoms with van der Waals surface area (Å²) in [6, 6.07) is 13.1. The molecule has 0 atom stereocenters. The molecule has 0 saturated carbocycles. The fourth-order valence-corrected chi connectivity index (χ4v) is 3.53. The van der Waals surface area contributed by atoms with Crippen LogP contribution in [0.5, 0.6) is 5.75 Å². The lowest BCUT2D eigenvalue weighted by molar-refractivity contribution is 0.414. The number of aryl methyl sites for hydroxylation is 2. The molecule has 2 aromatic carbocycles. The number of nitrogens with one attached hydrogen (secondary N) is 1. The predicted octanol–water partition coefficient (Wildman–Crippen LogP) is 3.96. The quantitative estimate of drug-likeness (QED) is 0.927. The van der Waals surface area contributed by atoms with Crippen LogP contribution in [0, 0.1) is 0 Å². The van der Waals surface area contributed by atoms with Crippen molar-refractivity contribution < 1.29 is 4.74 Å². The molecule has 0 saturated heterocycles. The van der Waals surface area contributed by atoms with Gasteiger partial charge in [-0.15, -0.1) is 0 Å². The standard InChI is InChI=1S/C19H22N2O/c1-22-17-8-6-14(7-9-17)12-21-13-20-18-10-15-4-2-3-5-16(15)11-19(18)21/h6-11,20H,2-5,12-13H2,1H3. The van der Waals surface area contributed by atoms with Crippen molar-refractivity contribution in [3.05, 3.63) is 53.1 Å². The number of rotatable bonds is 3. The van der Waals surface area contributed by atoms with E-state index in [0.717, 1.165) is 19.0 Å². The number of methoxy groups -OCH3 is 1. The maximum absolute atomic E-state index is 5.23. The third-order valence-corrected chi connectivity index (χ3v) is 4.79. The van der Waals surface area contributed by atoms with Crippen molar-refractivity contribution in [1.82, 2.24) is 0 Å². The predicted molar refractivity (Wildman–Crippen MR) is 90.8 cm³/mol. The molecule has 1 aliphatic heterocycles. The molecule has 0 radical (unpaired) electrons. The largest absolute Gasteiger partial charge is 0.497 e. The maximum atomic E-state index is 5.23. The summed E-state index contributed by atoms with van der Waals surface area (Å²) >= 11 is 0. The van der Waals surface area contributed by atoms with Crippen molar-refractivity contribution in [2.75, 3.05) is 24.0 Å². The molecular formula is C19H22N2O. The third kappa shape index (κ3) is 2.41. The van der Waals surface area contributed by atoms with Crippen LogP contribution >= 0.6 is 0 Å². The second kappa shape index (κ2) is 5.56. The maximum Gasteiger partial charge on any atom is 0.118 e. The number of fused-ring (bicyclic) bond motifs is 2. The van der Waals surface area contributed by atoms with Crippen molar-refractivity contribution in [2.24, 2.45) is 0 Å². The first-order valence-corrected chi connectivity index (χ1v) is 8.11. The zero-order chi connectivity index (χ0) is 14.9. The highest BCUT2D eigenvalue weighted by Gasteiger charge is 2.22. The summed E-state index contributed by atoms with van der Waals surface area (Å²) in [4.78, 5) is 2.42. The van der Waals surface area contributed by atoms with Gasteiger partial charge in [0, 0.05) is 6.54 Å². The van der Waals surface area contributed by atoms with Gasteiger partial charge < -0.3 is 15.0 Å². The molecular weight excluding hydrogens is 272 g/mol. The first kappa shape index (κ1) is 13.5. The van der Waals surface area contributed by atoms with Crippen LogP contribution in [-0.2, 0) is 19.4 Å². The average molecular weight is 294 g/mol. The summed E-state index contributed by atoms with van der Waals surface area (Å²) < 4.78 is 5.23. The molecule has 2 aromatic rings. The molecule has 0 fully saturated rings. The molecule has 0 aromatic heterocycles. The van der Waals surface area contributed by atoms with Crippen molar-refractivity contribution in [2.45, 2.75) is 32.2 Å². The van der Waals surface area contributed by atoms with Gasteiger partial charge in [-0.25, -0.2) is 0 Å². The van der Waals surface area contributed by atoms with Crippen LogP contribution < -0.4 is 15.0 Å². The molecule has 4 rings (SSSR count). The molecule has 0 spiro atoms. The highest BCUT2D eigenvalue weighted by Crippen LogP contribution is 2.37.